The monoisotopic (exact) mass is 182 g/mol. The van der Waals surface area contributed by atoms with Crippen LogP contribution in [-0.2, 0) is 0 Å². The summed E-state index contributed by atoms with van der Waals surface area (Å²) in [6, 6.07) is 0. The first kappa shape index (κ1) is 12.4. The Labute approximate surface area is 82.2 Å². The molecule has 13 heavy (non-hydrogen) atoms. The van der Waals surface area contributed by atoms with Crippen LogP contribution in [0.3, 0.4) is 0 Å². The van der Waals surface area contributed by atoms with Crippen LogP contribution < -0.4 is 0 Å². The average molecular weight is 182 g/mol. The molecule has 0 heterocycles. The van der Waals surface area contributed by atoms with E-state index in [9.17, 15) is 0 Å². The van der Waals surface area contributed by atoms with E-state index in [2.05, 4.69) is 32.6 Å². The van der Waals surface area contributed by atoms with E-state index in [1.165, 1.54) is 0 Å². The van der Waals surface area contributed by atoms with Crippen LogP contribution in [0.25, 0.3) is 0 Å². The summed E-state index contributed by atoms with van der Waals surface area (Å²) in [6.45, 7) is 8.26. The van der Waals surface area contributed by atoms with Crippen molar-refractivity contribution in [1.82, 2.24) is 0 Å². The number of rotatable bonds is 7. The topological polar surface area (TPSA) is 20.2 Å². The molecular formula is C12H22O. The lowest BCUT2D eigenvalue weighted by Gasteiger charge is -2.14. The number of hydrogen-bond donors (Lipinski definition) is 1. The number of aliphatic hydroxyl groups is 1. The lowest BCUT2D eigenvalue weighted by molar-refractivity contribution is 0.235. The standard InChI is InChI=1S/C12H22O/c1-4-7-8-11(5-2)9-12(6-3)10-13/h6-8,11-13H,3-5,9-10H2,1-2H3/b8-7-/t11?,12-/m0/s1. The van der Waals surface area contributed by atoms with E-state index in [0.29, 0.717) is 5.92 Å². The van der Waals surface area contributed by atoms with Crippen LogP contribution >= 0.6 is 0 Å². The SMILES string of the molecule is C=C[C@H](CO)CC(/C=C\CC)CC. The van der Waals surface area contributed by atoms with Crippen LogP contribution in [0.5, 0.6) is 0 Å². The minimum Gasteiger partial charge on any atom is -0.396 e. The van der Waals surface area contributed by atoms with Gasteiger partial charge in [0.1, 0.15) is 0 Å². The van der Waals surface area contributed by atoms with Crippen LogP contribution in [0.1, 0.15) is 33.1 Å². The predicted molar refractivity (Wildman–Crippen MR) is 58.6 cm³/mol. The maximum Gasteiger partial charge on any atom is 0.0493 e. The quantitative estimate of drug-likeness (QED) is 0.600. The Hall–Kier alpha value is -0.560. The van der Waals surface area contributed by atoms with E-state index in [0.717, 1.165) is 19.3 Å². The summed E-state index contributed by atoms with van der Waals surface area (Å²) in [7, 11) is 0. The number of hydrogen-bond acceptors (Lipinski definition) is 1. The molecule has 0 aromatic carbocycles. The number of aliphatic hydroxyl groups excluding tert-OH is 1. The third-order valence-corrected chi connectivity index (χ3v) is 2.34. The van der Waals surface area contributed by atoms with Crippen molar-refractivity contribution >= 4 is 0 Å². The van der Waals surface area contributed by atoms with Gasteiger partial charge in [-0.2, -0.15) is 0 Å². The second-order valence-electron chi connectivity index (χ2n) is 3.42. The molecule has 0 spiro atoms. The van der Waals surface area contributed by atoms with Gasteiger partial charge in [0.2, 0.25) is 0 Å². The molecule has 2 atom stereocenters. The minimum atomic E-state index is 0.222. The highest BCUT2D eigenvalue weighted by molar-refractivity contribution is 4.91. The van der Waals surface area contributed by atoms with Crippen molar-refractivity contribution in [3.63, 3.8) is 0 Å². The predicted octanol–water partition coefficient (Wildman–Crippen LogP) is 3.16. The maximum atomic E-state index is 9.00. The first-order valence-corrected chi connectivity index (χ1v) is 5.18. The van der Waals surface area contributed by atoms with Crippen molar-refractivity contribution < 1.29 is 5.11 Å². The largest absolute Gasteiger partial charge is 0.396 e. The first-order chi connectivity index (χ1) is 6.28. The van der Waals surface area contributed by atoms with Crippen molar-refractivity contribution in [3.05, 3.63) is 24.8 Å². The Balaban J connectivity index is 3.94. The van der Waals surface area contributed by atoms with E-state index in [-0.39, 0.29) is 12.5 Å². The molecule has 76 valence electrons. The molecule has 0 rings (SSSR count). The van der Waals surface area contributed by atoms with Gasteiger partial charge in [-0.05, 0) is 25.2 Å². The van der Waals surface area contributed by atoms with Gasteiger partial charge in [-0.25, -0.2) is 0 Å². The van der Waals surface area contributed by atoms with Crippen molar-refractivity contribution in [3.8, 4) is 0 Å². The summed E-state index contributed by atoms with van der Waals surface area (Å²) in [4.78, 5) is 0. The third-order valence-electron chi connectivity index (χ3n) is 2.34. The highest BCUT2D eigenvalue weighted by Crippen LogP contribution is 2.17. The van der Waals surface area contributed by atoms with E-state index >= 15 is 0 Å². The summed E-state index contributed by atoms with van der Waals surface area (Å²) in [5.41, 5.74) is 0. The van der Waals surface area contributed by atoms with Crippen LogP contribution in [0.4, 0.5) is 0 Å². The lowest BCUT2D eigenvalue weighted by Crippen LogP contribution is -2.08. The zero-order valence-corrected chi connectivity index (χ0v) is 8.87. The van der Waals surface area contributed by atoms with Gasteiger partial charge in [0, 0.05) is 12.5 Å². The Morgan fingerprint density at radius 2 is 2.00 bits per heavy atom. The van der Waals surface area contributed by atoms with Gasteiger partial charge in [0.25, 0.3) is 0 Å². The third kappa shape index (κ3) is 5.64. The number of allylic oxidation sites excluding steroid dienone is 2. The Bertz CT molecular complexity index is 149. The molecule has 0 aromatic rings. The van der Waals surface area contributed by atoms with Crippen LogP contribution in [-0.4, -0.2) is 11.7 Å². The smallest absolute Gasteiger partial charge is 0.0493 e. The zero-order chi connectivity index (χ0) is 10.1. The summed E-state index contributed by atoms with van der Waals surface area (Å²) >= 11 is 0. The molecule has 0 saturated carbocycles. The molecule has 0 aromatic heterocycles. The van der Waals surface area contributed by atoms with Gasteiger partial charge < -0.3 is 5.11 Å². The van der Waals surface area contributed by atoms with Crippen molar-refractivity contribution in [2.75, 3.05) is 6.61 Å². The lowest BCUT2D eigenvalue weighted by atomic mass is 9.92. The molecule has 0 radical (unpaired) electrons. The van der Waals surface area contributed by atoms with E-state index < -0.39 is 0 Å². The molecule has 0 aliphatic heterocycles. The summed E-state index contributed by atoms with van der Waals surface area (Å²) in [6.07, 6.45) is 9.56. The van der Waals surface area contributed by atoms with Crippen molar-refractivity contribution in [1.29, 1.82) is 0 Å². The normalized spacial score (nSPS) is 15.9. The molecule has 0 aliphatic rings. The second-order valence-corrected chi connectivity index (χ2v) is 3.42. The Morgan fingerprint density at radius 1 is 1.31 bits per heavy atom. The van der Waals surface area contributed by atoms with E-state index in [1.54, 1.807) is 0 Å². The fourth-order valence-electron chi connectivity index (χ4n) is 1.34. The van der Waals surface area contributed by atoms with Crippen molar-refractivity contribution in [2.24, 2.45) is 11.8 Å². The molecule has 0 amide bonds. The van der Waals surface area contributed by atoms with Gasteiger partial charge in [0.15, 0.2) is 0 Å². The fraction of sp³-hybridized carbons (Fsp3) is 0.667. The minimum absolute atomic E-state index is 0.222. The fourth-order valence-corrected chi connectivity index (χ4v) is 1.34. The Morgan fingerprint density at radius 3 is 2.38 bits per heavy atom. The van der Waals surface area contributed by atoms with Gasteiger partial charge in [-0.15, -0.1) is 6.58 Å². The molecule has 0 bridgehead atoms. The first-order valence-electron chi connectivity index (χ1n) is 5.18. The second kappa shape index (κ2) is 8.06. The molecule has 1 heteroatoms. The van der Waals surface area contributed by atoms with E-state index in [4.69, 9.17) is 5.11 Å². The highest BCUT2D eigenvalue weighted by Gasteiger charge is 2.08. The van der Waals surface area contributed by atoms with Gasteiger partial charge in [0.05, 0.1) is 0 Å². The Kier molecular flexibility index (Phi) is 7.71. The zero-order valence-electron chi connectivity index (χ0n) is 8.87. The molecule has 0 fully saturated rings. The summed E-state index contributed by atoms with van der Waals surface area (Å²) in [5.74, 6) is 0.849. The van der Waals surface area contributed by atoms with Gasteiger partial charge in [-0.3, -0.25) is 0 Å². The van der Waals surface area contributed by atoms with Gasteiger partial charge >= 0.3 is 0 Å². The van der Waals surface area contributed by atoms with Crippen LogP contribution in [0.2, 0.25) is 0 Å². The molecular weight excluding hydrogens is 160 g/mol. The maximum absolute atomic E-state index is 9.00. The summed E-state index contributed by atoms with van der Waals surface area (Å²) < 4.78 is 0. The van der Waals surface area contributed by atoms with E-state index in [1.807, 2.05) is 6.08 Å². The molecule has 1 unspecified atom stereocenters. The summed E-state index contributed by atoms with van der Waals surface area (Å²) in [5, 5.41) is 9.00. The molecule has 0 saturated heterocycles. The van der Waals surface area contributed by atoms with Crippen LogP contribution in [0, 0.1) is 11.8 Å². The van der Waals surface area contributed by atoms with Gasteiger partial charge in [-0.1, -0.05) is 32.1 Å². The molecule has 1 nitrogen and oxygen atoms in total. The highest BCUT2D eigenvalue weighted by atomic mass is 16.3. The average Bonchev–Trinajstić information content (AvgIpc) is 2.19. The van der Waals surface area contributed by atoms with Crippen LogP contribution in [0.15, 0.2) is 24.8 Å². The molecule has 0 aliphatic carbocycles. The molecule has 1 N–H and O–H groups in total. The van der Waals surface area contributed by atoms with Crippen molar-refractivity contribution in [2.45, 2.75) is 33.1 Å².